The summed E-state index contributed by atoms with van der Waals surface area (Å²) in [6.45, 7) is -0.00285. The lowest BCUT2D eigenvalue weighted by Gasteiger charge is -2.33. The minimum absolute atomic E-state index is 0.0459. The number of H-pyrrole nitrogens is 1. The van der Waals surface area contributed by atoms with Gasteiger partial charge in [-0.25, -0.2) is 18.6 Å². The fourth-order valence-electron chi connectivity index (χ4n) is 3.77. The number of guanidine groups is 1. The molecular weight excluding hydrogens is 649 g/mol. The molecule has 9 N–H and O–H groups in total. The zero-order chi connectivity index (χ0) is 31.3. The van der Waals surface area contributed by atoms with Gasteiger partial charge in [0.2, 0.25) is 5.95 Å². The summed E-state index contributed by atoms with van der Waals surface area (Å²) in [5.74, 6) is 0.325. The van der Waals surface area contributed by atoms with Crippen LogP contribution in [0.15, 0.2) is 11.3 Å². The van der Waals surface area contributed by atoms with Crippen molar-refractivity contribution < 1.29 is 61.4 Å². The normalized spacial score (nSPS) is 25.0. The predicted molar refractivity (Wildman–Crippen MR) is 139 cm³/mol. The number of anilines is 1. The van der Waals surface area contributed by atoms with Crippen molar-refractivity contribution in [3.8, 4) is 0 Å². The summed E-state index contributed by atoms with van der Waals surface area (Å²) in [7, 11) is -17.9. The van der Waals surface area contributed by atoms with Crippen LogP contribution >= 0.6 is 35.7 Å². The van der Waals surface area contributed by atoms with Crippen LogP contribution < -0.4 is 31.5 Å². The zero-order valence-electron chi connectivity index (χ0n) is 21.5. The number of ether oxygens (including phenoxy) is 1. The van der Waals surface area contributed by atoms with Gasteiger partial charge < -0.3 is 60.8 Å². The Kier molecular flexibility index (Phi) is 11.8. The number of aromatic amines is 1. The fraction of sp³-hybridized carbons (Fsp3) is 0.647. The number of nitrogens with zero attached hydrogens (tertiary/aromatic N) is 4. The average Bonchev–Trinajstić information content (AvgIpc) is 3.38. The summed E-state index contributed by atoms with van der Waals surface area (Å²) in [5, 5.41) is 24.1. The molecule has 2 aromatic heterocycles. The molecule has 7 atom stereocenters. The Labute approximate surface area is 242 Å². The molecule has 1 saturated heterocycles. The number of aliphatic imine (C=N–C) groups is 1. The number of imidazole rings is 1. The molecule has 4 unspecified atom stereocenters. The highest BCUT2D eigenvalue weighted by Gasteiger charge is 2.45. The third-order valence-electron chi connectivity index (χ3n) is 5.53. The lowest BCUT2D eigenvalue weighted by molar-refractivity contribution is -0.250. The molecule has 21 nitrogen and oxygen atoms in total. The van der Waals surface area contributed by atoms with Crippen LogP contribution in [0, 0.1) is 4.64 Å². The number of aliphatic hydroxyl groups is 2. The van der Waals surface area contributed by atoms with Crippen LogP contribution in [0.25, 0.3) is 11.2 Å². The first-order valence-corrected chi connectivity index (χ1v) is 16.8. The SMILES string of the molecule is NC(N)=NCCCCCCNc1nc(=S)c2ncn([C@@H]3O[C@H](COP(=O)([O-])OP(=O)([O-])OP(=O)([O-])O)C(O)[C@@H]3O)c2[nH]1. The van der Waals surface area contributed by atoms with E-state index in [0.29, 0.717) is 13.1 Å². The molecular formula is C17H28N8O13P3S-3. The number of phosphoric ester groups is 1. The standard InChI is InChI=1S/C17H31N8O13P3S/c18-16(19)20-5-3-1-2-4-6-21-17-23-13-10(14(42)24-17)22-8-25(13)15-12(27)11(26)9(36-15)7-35-40(31,32)38-41(33,34)37-39(28,29)30/h8-9,11-12,15,26-27H,1-7H2,(H,31,32)(H,33,34)(H4,18,19,20)(H2,28,29,30)(H2,21,23,24,42)/p-3/t9-,11?,12+,15-/m1/s1. The van der Waals surface area contributed by atoms with Gasteiger partial charge in [-0.05, 0) is 12.8 Å². The van der Waals surface area contributed by atoms with Crippen molar-refractivity contribution in [2.24, 2.45) is 16.5 Å². The smallest absolute Gasteiger partial charge is 0.280 e. The lowest BCUT2D eigenvalue weighted by atomic mass is 10.1. The average molecular weight is 677 g/mol. The molecule has 25 heteroatoms. The quantitative estimate of drug-likeness (QED) is 0.0326. The van der Waals surface area contributed by atoms with E-state index in [1.165, 1.54) is 10.9 Å². The van der Waals surface area contributed by atoms with Gasteiger partial charge in [0.05, 0.1) is 12.9 Å². The molecule has 3 rings (SSSR count). The summed E-state index contributed by atoms with van der Waals surface area (Å²) in [4.78, 5) is 57.4. The number of rotatable bonds is 16. The summed E-state index contributed by atoms with van der Waals surface area (Å²) in [5.41, 5.74) is 11.0. The Morgan fingerprint density at radius 3 is 2.50 bits per heavy atom. The highest BCUT2D eigenvalue weighted by Crippen LogP contribution is 2.61. The molecule has 238 valence electrons. The lowest BCUT2D eigenvalue weighted by Crippen LogP contribution is -2.34. The van der Waals surface area contributed by atoms with Crippen molar-refractivity contribution >= 4 is 58.8 Å². The van der Waals surface area contributed by atoms with Crippen LogP contribution in [0.5, 0.6) is 0 Å². The molecule has 2 aromatic rings. The number of nitrogens with two attached hydrogens (primary N) is 2. The van der Waals surface area contributed by atoms with E-state index in [4.69, 9.17) is 33.3 Å². The van der Waals surface area contributed by atoms with Crippen molar-refractivity contribution in [3.63, 3.8) is 0 Å². The van der Waals surface area contributed by atoms with Crippen molar-refractivity contribution in [2.75, 3.05) is 25.0 Å². The molecule has 0 amide bonds. The molecule has 0 bridgehead atoms. The number of hydrogen-bond donors (Lipinski definition) is 7. The van der Waals surface area contributed by atoms with Gasteiger partial charge in [0, 0.05) is 13.1 Å². The summed E-state index contributed by atoms with van der Waals surface area (Å²) in [6.07, 6.45) is -1.70. The number of unbranched alkanes of at least 4 members (excludes halogenated alkanes) is 3. The van der Waals surface area contributed by atoms with Crippen LogP contribution in [0.2, 0.25) is 0 Å². The van der Waals surface area contributed by atoms with Crippen LogP contribution in [0.1, 0.15) is 31.9 Å². The molecule has 0 aliphatic carbocycles. The summed E-state index contributed by atoms with van der Waals surface area (Å²) >= 11 is 5.29. The van der Waals surface area contributed by atoms with Gasteiger partial charge in [0.15, 0.2) is 16.8 Å². The number of aromatic nitrogens is 4. The van der Waals surface area contributed by atoms with Gasteiger partial charge in [0.1, 0.15) is 29.5 Å². The van der Waals surface area contributed by atoms with Gasteiger partial charge in [-0.15, -0.1) is 0 Å². The molecule has 1 aliphatic rings. The molecule has 1 fully saturated rings. The molecule has 3 heterocycles. The van der Waals surface area contributed by atoms with E-state index in [0.717, 1.165) is 25.7 Å². The highest BCUT2D eigenvalue weighted by atomic mass is 32.1. The second kappa shape index (κ2) is 14.3. The molecule has 1 aliphatic heterocycles. The predicted octanol–water partition coefficient (Wildman–Crippen LogP) is -2.20. The van der Waals surface area contributed by atoms with E-state index in [1.54, 1.807) is 0 Å². The van der Waals surface area contributed by atoms with Gasteiger partial charge >= 0.3 is 0 Å². The van der Waals surface area contributed by atoms with Crippen molar-refractivity contribution in [1.29, 1.82) is 0 Å². The van der Waals surface area contributed by atoms with Gasteiger partial charge in [-0.3, -0.25) is 23.3 Å². The van der Waals surface area contributed by atoms with Crippen molar-refractivity contribution in [2.45, 2.75) is 50.2 Å². The second-order valence-corrected chi connectivity index (χ2v) is 13.4. The maximum absolute atomic E-state index is 11.8. The Balaban J connectivity index is 1.62. The molecule has 0 saturated carbocycles. The summed E-state index contributed by atoms with van der Waals surface area (Å²) in [6, 6.07) is 0. The number of phosphoric acid groups is 3. The first-order valence-electron chi connectivity index (χ1n) is 12.0. The van der Waals surface area contributed by atoms with Gasteiger partial charge in [-0.1, -0.05) is 25.1 Å². The van der Waals surface area contributed by atoms with Gasteiger partial charge in [-0.2, -0.15) is 0 Å². The number of nitrogens with one attached hydrogen (secondary N) is 2. The fourth-order valence-corrected chi connectivity index (χ4v) is 6.90. The topological polar surface area (TPSA) is 341 Å². The minimum Gasteiger partial charge on any atom is -0.756 e. The van der Waals surface area contributed by atoms with Gasteiger partial charge in [0.25, 0.3) is 23.5 Å². The Hall–Kier alpha value is -1.87. The maximum Gasteiger partial charge on any atom is 0.280 e. The first-order chi connectivity index (χ1) is 19.5. The molecule has 0 radical (unpaired) electrons. The number of fused-ring (bicyclic) bond motifs is 1. The zero-order valence-corrected chi connectivity index (χ0v) is 25.0. The Morgan fingerprint density at radius 2 is 1.83 bits per heavy atom. The maximum atomic E-state index is 11.8. The number of aliphatic hydroxyl groups excluding tert-OH is 2. The summed E-state index contributed by atoms with van der Waals surface area (Å²) < 4.78 is 51.7. The monoisotopic (exact) mass is 677 g/mol. The molecule has 0 spiro atoms. The van der Waals surface area contributed by atoms with E-state index < -0.39 is 54.6 Å². The van der Waals surface area contributed by atoms with Crippen molar-refractivity contribution in [1.82, 2.24) is 19.5 Å². The van der Waals surface area contributed by atoms with E-state index in [2.05, 4.69) is 38.4 Å². The first kappa shape index (κ1) is 34.6. The largest absolute Gasteiger partial charge is 0.756 e. The number of hydrogen-bond acceptors (Lipinski definition) is 17. The van der Waals surface area contributed by atoms with Crippen LogP contribution in [-0.4, -0.2) is 78.6 Å². The van der Waals surface area contributed by atoms with Crippen LogP contribution in [0.3, 0.4) is 0 Å². The molecule has 0 aromatic carbocycles. The van der Waals surface area contributed by atoms with E-state index >= 15 is 0 Å². The second-order valence-electron chi connectivity index (χ2n) is 8.76. The third kappa shape index (κ3) is 10.1. The third-order valence-corrected chi connectivity index (χ3v) is 9.51. The van der Waals surface area contributed by atoms with E-state index in [1.807, 2.05) is 0 Å². The van der Waals surface area contributed by atoms with E-state index in [-0.39, 0.29) is 27.7 Å². The Bertz CT molecular complexity index is 1460. The minimum atomic E-state index is -6.11. The van der Waals surface area contributed by atoms with Crippen LogP contribution in [-0.2, 0) is 31.6 Å². The Morgan fingerprint density at radius 1 is 1.14 bits per heavy atom. The van der Waals surface area contributed by atoms with E-state index in [9.17, 15) is 38.6 Å². The molecule has 42 heavy (non-hydrogen) atoms. The van der Waals surface area contributed by atoms with Crippen molar-refractivity contribution in [3.05, 3.63) is 11.0 Å². The highest BCUT2D eigenvalue weighted by molar-refractivity contribution is 7.71. The van der Waals surface area contributed by atoms with Crippen LogP contribution in [0.4, 0.5) is 5.95 Å².